The Balaban J connectivity index is 1.94. The molecular weight excluding hydrogens is 290 g/mol. The van der Waals surface area contributed by atoms with Gasteiger partial charge in [0, 0.05) is 12.6 Å². The van der Waals surface area contributed by atoms with Crippen LogP contribution in [0.4, 0.5) is 5.69 Å². The molecule has 23 heavy (non-hydrogen) atoms. The van der Waals surface area contributed by atoms with Crippen molar-refractivity contribution >= 4 is 11.6 Å². The van der Waals surface area contributed by atoms with Gasteiger partial charge in [-0.2, -0.15) is 5.10 Å². The molecule has 0 fully saturated rings. The van der Waals surface area contributed by atoms with Gasteiger partial charge in [0.15, 0.2) is 0 Å². The Kier molecular flexibility index (Phi) is 4.10. The number of methoxy groups -OCH3 is 1. The van der Waals surface area contributed by atoms with Crippen molar-refractivity contribution in [1.82, 2.24) is 9.78 Å². The number of aromatic nitrogens is 2. The second-order valence-corrected chi connectivity index (χ2v) is 5.05. The number of nitrogens with one attached hydrogen (secondary N) is 1. The zero-order valence-corrected chi connectivity index (χ0v) is 13.0. The first kappa shape index (κ1) is 14.8. The summed E-state index contributed by atoms with van der Waals surface area (Å²) >= 11 is 0. The predicted molar refractivity (Wildman–Crippen MR) is 89.6 cm³/mol. The first-order valence-electron chi connectivity index (χ1n) is 7.22. The summed E-state index contributed by atoms with van der Waals surface area (Å²) in [6.45, 7) is 0. The van der Waals surface area contributed by atoms with Crippen molar-refractivity contribution in [3.63, 3.8) is 0 Å². The summed E-state index contributed by atoms with van der Waals surface area (Å²) in [5, 5.41) is 7.17. The highest BCUT2D eigenvalue weighted by atomic mass is 16.5. The van der Waals surface area contributed by atoms with E-state index in [1.807, 2.05) is 43.4 Å². The monoisotopic (exact) mass is 307 g/mol. The molecule has 3 rings (SSSR count). The lowest BCUT2D eigenvalue weighted by atomic mass is 10.1. The standard InChI is InChI=1S/C18H17N3O2/c1-21-17(13-8-4-3-5-9-13)15(12-19-21)20-18(22)14-10-6-7-11-16(14)23-2/h3-12H,1-2H3,(H,20,22). The summed E-state index contributed by atoms with van der Waals surface area (Å²) in [5.74, 6) is 0.308. The van der Waals surface area contributed by atoms with Crippen molar-refractivity contribution in [2.24, 2.45) is 7.05 Å². The third-order valence-corrected chi connectivity index (χ3v) is 3.59. The molecule has 0 bridgehead atoms. The lowest BCUT2D eigenvalue weighted by molar-refractivity contribution is 0.102. The molecule has 0 unspecified atom stereocenters. The lowest BCUT2D eigenvalue weighted by Gasteiger charge is -2.10. The molecule has 0 aliphatic rings. The van der Waals surface area contributed by atoms with E-state index in [1.165, 1.54) is 0 Å². The molecular formula is C18H17N3O2. The van der Waals surface area contributed by atoms with Gasteiger partial charge in [0.1, 0.15) is 5.75 Å². The van der Waals surface area contributed by atoms with Gasteiger partial charge in [-0.3, -0.25) is 9.48 Å². The average molecular weight is 307 g/mol. The van der Waals surface area contributed by atoms with E-state index in [0.29, 0.717) is 17.0 Å². The molecule has 5 nitrogen and oxygen atoms in total. The van der Waals surface area contributed by atoms with Crippen LogP contribution in [0.25, 0.3) is 11.3 Å². The minimum Gasteiger partial charge on any atom is -0.496 e. The zero-order valence-electron chi connectivity index (χ0n) is 13.0. The summed E-state index contributed by atoms with van der Waals surface area (Å²) in [6.07, 6.45) is 1.65. The van der Waals surface area contributed by atoms with E-state index < -0.39 is 0 Å². The molecule has 1 N–H and O–H groups in total. The number of aryl methyl sites for hydroxylation is 1. The van der Waals surface area contributed by atoms with Crippen LogP contribution in [0.5, 0.6) is 5.75 Å². The van der Waals surface area contributed by atoms with E-state index in [0.717, 1.165) is 11.3 Å². The quantitative estimate of drug-likeness (QED) is 0.804. The van der Waals surface area contributed by atoms with E-state index in [4.69, 9.17) is 4.74 Å². The van der Waals surface area contributed by atoms with E-state index in [-0.39, 0.29) is 5.91 Å². The van der Waals surface area contributed by atoms with Crippen LogP contribution < -0.4 is 10.1 Å². The molecule has 0 aliphatic carbocycles. The second kappa shape index (κ2) is 6.36. The SMILES string of the molecule is COc1ccccc1C(=O)Nc1cnn(C)c1-c1ccccc1. The highest BCUT2D eigenvalue weighted by molar-refractivity contribution is 6.07. The van der Waals surface area contributed by atoms with Crippen LogP contribution in [0.15, 0.2) is 60.8 Å². The average Bonchev–Trinajstić information content (AvgIpc) is 2.96. The number of rotatable bonds is 4. The highest BCUT2D eigenvalue weighted by Gasteiger charge is 2.16. The van der Waals surface area contributed by atoms with Gasteiger partial charge in [0.05, 0.1) is 30.3 Å². The minimum absolute atomic E-state index is 0.229. The third kappa shape index (κ3) is 2.94. The van der Waals surface area contributed by atoms with Crippen LogP contribution in [0.2, 0.25) is 0 Å². The molecule has 1 amide bonds. The number of carbonyl (C=O) groups is 1. The number of para-hydroxylation sites is 1. The van der Waals surface area contributed by atoms with Crippen molar-refractivity contribution in [3.8, 4) is 17.0 Å². The van der Waals surface area contributed by atoms with Gasteiger partial charge in [-0.05, 0) is 12.1 Å². The molecule has 1 heterocycles. The van der Waals surface area contributed by atoms with E-state index in [2.05, 4.69) is 10.4 Å². The Labute approximate surface area is 134 Å². The minimum atomic E-state index is -0.229. The van der Waals surface area contributed by atoms with Crippen LogP contribution >= 0.6 is 0 Å². The zero-order chi connectivity index (χ0) is 16.2. The molecule has 0 spiro atoms. The van der Waals surface area contributed by atoms with Crippen molar-refractivity contribution in [2.45, 2.75) is 0 Å². The summed E-state index contributed by atoms with van der Waals surface area (Å²) in [4.78, 5) is 12.6. The Hall–Kier alpha value is -3.08. The van der Waals surface area contributed by atoms with E-state index in [9.17, 15) is 4.79 Å². The van der Waals surface area contributed by atoms with Gasteiger partial charge in [-0.25, -0.2) is 0 Å². The topological polar surface area (TPSA) is 56.1 Å². The normalized spacial score (nSPS) is 10.3. The number of ether oxygens (including phenoxy) is 1. The first-order valence-corrected chi connectivity index (χ1v) is 7.22. The maximum absolute atomic E-state index is 12.6. The number of carbonyl (C=O) groups excluding carboxylic acids is 1. The van der Waals surface area contributed by atoms with E-state index in [1.54, 1.807) is 36.2 Å². The third-order valence-electron chi connectivity index (χ3n) is 3.59. The van der Waals surface area contributed by atoms with Gasteiger partial charge in [-0.1, -0.05) is 42.5 Å². The van der Waals surface area contributed by atoms with Crippen molar-refractivity contribution in [2.75, 3.05) is 12.4 Å². The Morgan fingerprint density at radius 3 is 2.52 bits per heavy atom. The first-order chi connectivity index (χ1) is 11.2. The fraction of sp³-hybridized carbons (Fsp3) is 0.111. The highest BCUT2D eigenvalue weighted by Crippen LogP contribution is 2.28. The summed E-state index contributed by atoms with van der Waals surface area (Å²) < 4.78 is 6.99. The number of anilines is 1. The smallest absolute Gasteiger partial charge is 0.259 e. The van der Waals surface area contributed by atoms with Crippen LogP contribution in [-0.2, 0) is 7.05 Å². The van der Waals surface area contributed by atoms with Crippen LogP contribution in [0.3, 0.4) is 0 Å². The molecule has 0 atom stereocenters. The molecule has 116 valence electrons. The second-order valence-electron chi connectivity index (χ2n) is 5.05. The lowest BCUT2D eigenvalue weighted by Crippen LogP contribution is -2.13. The van der Waals surface area contributed by atoms with E-state index >= 15 is 0 Å². The number of hydrogen-bond acceptors (Lipinski definition) is 3. The summed E-state index contributed by atoms with van der Waals surface area (Å²) in [5.41, 5.74) is 2.99. The Morgan fingerprint density at radius 2 is 1.78 bits per heavy atom. The molecule has 0 aliphatic heterocycles. The van der Waals surface area contributed by atoms with Gasteiger partial charge in [-0.15, -0.1) is 0 Å². The van der Waals surface area contributed by atoms with Crippen LogP contribution in [-0.4, -0.2) is 22.8 Å². The van der Waals surface area contributed by atoms with Crippen LogP contribution in [0, 0.1) is 0 Å². The Bertz CT molecular complexity index is 825. The molecule has 2 aromatic carbocycles. The molecule has 5 heteroatoms. The molecule has 1 aromatic heterocycles. The number of nitrogens with zero attached hydrogens (tertiary/aromatic N) is 2. The number of hydrogen-bond donors (Lipinski definition) is 1. The fourth-order valence-electron chi connectivity index (χ4n) is 2.49. The molecule has 0 saturated heterocycles. The fourth-order valence-corrected chi connectivity index (χ4v) is 2.49. The largest absolute Gasteiger partial charge is 0.496 e. The maximum atomic E-state index is 12.6. The maximum Gasteiger partial charge on any atom is 0.259 e. The van der Waals surface area contributed by atoms with Crippen LogP contribution in [0.1, 0.15) is 10.4 Å². The van der Waals surface area contributed by atoms with Gasteiger partial charge < -0.3 is 10.1 Å². The Morgan fingerprint density at radius 1 is 1.09 bits per heavy atom. The van der Waals surface area contributed by atoms with Gasteiger partial charge >= 0.3 is 0 Å². The van der Waals surface area contributed by atoms with Gasteiger partial charge in [0.2, 0.25) is 0 Å². The molecule has 3 aromatic rings. The van der Waals surface area contributed by atoms with Crippen molar-refractivity contribution < 1.29 is 9.53 Å². The summed E-state index contributed by atoms with van der Waals surface area (Å²) in [6, 6.07) is 16.9. The molecule has 0 radical (unpaired) electrons. The molecule has 0 saturated carbocycles. The van der Waals surface area contributed by atoms with Crippen molar-refractivity contribution in [3.05, 3.63) is 66.4 Å². The van der Waals surface area contributed by atoms with Gasteiger partial charge in [0.25, 0.3) is 5.91 Å². The van der Waals surface area contributed by atoms with Crippen molar-refractivity contribution in [1.29, 1.82) is 0 Å². The number of benzene rings is 2. The summed E-state index contributed by atoms with van der Waals surface area (Å²) in [7, 11) is 3.40. The number of amides is 1. The predicted octanol–water partition coefficient (Wildman–Crippen LogP) is 3.35.